The van der Waals surface area contributed by atoms with Crippen LogP contribution < -0.4 is 5.32 Å². The van der Waals surface area contributed by atoms with Crippen LogP contribution in [-0.4, -0.2) is 28.6 Å². The SMILES string of the molecule is O=C(NCC1CCCCS1)c1cc(O)ccc1Cl. The van der Waals surface area contributed by atoms with Gasteiger partial charge in [0.25, 0.3) is 5.91 Å². The number of hydrogen-bond donors (Lipinski definition) is 2. The average molecular weight is 286 g/mol. The molecule has 2 N–H and O–H groups in total. The third-order valence-electron chi connectivity index (χ3n) is 2.96. The average Bonchev–Trinajstić information content (AvgIpc) is 2.40. The summed E-state index contributed by atoms with van der Waals surface area (Å²) in [4.78, 5) is 11.9. The number of benzene rings is 1. The van der Waals surface area contributed by atoms with Crippen molar-refractivity contribution in [3.8, 4) is 5.75 Å². The highest BCUT2D eigenvalue weighted by molar-refractivity contribution is 7.99. The number of aromatic hydroxyl groups is 1. The van der Waals surface area contributed by atoms with Crippen molar-refractivity contribution in [2.45, 2.75) is 24.5 Å². The maximum absolute atomic E-state index is 11.9. The third kappa shape index (κ3) is 3.56. The topological polar surface area (TPSA) is 49.3 Å². The molecule has 1 aromatic carbocycles. The van der Waals surface area contributed by atoms with Gasteiger partial charge in [-0.2, -0.15) is 11.8 Å². The van der Waals surface area contributed by atoms with Crippen molar-refractivity contribution in [2.75, 3.05) is 12.3 Å². The summed E-state index contributed by atoms with van der Waals surface area (Å²) in [5.41, 5.74) is 0.331. The van der Waals surface area contributed by atoms with E-state index in [2.05, 4.69) is 5.32 Å². The van der Waals surface area contributed by atoms with Gasteiger partial charge in [-0.05, 0) is 36.8 Å². The van der Waals surface area contributed by atoms with Crippen molar-refractivity contribution in [1.82, 2.24) is 5.32 Å². The van der Waals surface area contributed by atoms with Crippen LogP contribution in [0.1, 0.15) is 29.6 Å². The number of phenolic OH excluding ortho intramolecular Hbond substituents is 1. The molecular formula is C13H16ClNO2S. The Kier molecular flexibility index (Phi) is 4.78. The molecular weight excluding hydrogens is 270 g/mol. The Morgan fingerprint density at radius 3 is 3.06 bits per heavy atom. The van der Waals surface area contributed by atoms with Gasteiger partial charge in [0.15, 0.2) is 0 Å². The van der Waals surface area contributed by atoms with Gasteiger partial charge < -0.3 is 10.4 Å². The van der Waals surface area contributed by atoms with Gasteiger partial charge in [0.05, 0.1) is 10.6 Å². The van der Waals surface area contributed by atoms with Crippen molar-refractivity contribution in [1.29, 1.82) is 0 Å². The zero-order valence-corrected chi connectivity index (χ0v) is 11.6. The normalized spacial score (nSPS) is 19.5. The predicted molar refractivity (Wildman–Crippen MR) is 75.5 cm³/mol. The number of carbonyl (C=O) groups excluding carboxylic acids is 1. The molecule has 18 heavy (non-hydrogen) atoms. The van der Waals surface area contributed by atoms with Crippen LogP contribution in [0.4, 0.5) is 0 Å². The van der Waals surface area contributed by atoms with Crippen LogP contribution in [0.25, 0.3) is 0 Å². The summed E-state index contributed by atoms with van der Waals surface area (Å²) in [6, 6.07) is 4.39. The Balaban J connectivity index is 1.92. The van der Waals surface area contributed by atoms with E-state index in [0.29, 0.717) is 22.4 Å². The first-order valence-electron chi connectivity index (χ1n) is 6.05. The molecule has 1 amide bonds. The van der Waals surface area contributed by atoms with Crippen molar-refractivity contribution in [2.24, 2.45) is 0 Å². The van der Waals surface area contributed by atoms with Crippen LogP contribution in [0.3, 0.4) is 0 Å². The number of amides is 1. The second kappa shape index (κ2) is 6.34. The minimum absolute atomic E-state index is 0.0524. The Morgan fingerprint density at radius 2 is 2.33 bits per heavy atom. The molecule has 2 rings (SSSR count). The minimum Gasteiger partial charge on any atom is -0.508 e. The molecule has 0 saturated carbocycles. The Morgan fingerprint density at radius 1 is 1.50 bits per heavy atom. The van der Waals surface area contributed by atoms with Crippen molar-refractivity contribution in [3.63, 3.8) is 0 Å². The molecule has 98 valence electrons. The molecule has 0 aliphatic carbocycles. The van der Waals surface area contributed by atoms with Crippen LogP contribution in [0, 0.1) is 0 Å². The molecule has 1 atom stereocenters. The number of nitrogens with one attached hydrogen (secondary N) is 1. The van der Waals surface area contributed by atoms with Gasteiger partial charge >= 0.3 is 0 Å². The lowest BCUT2D eigenvalue weighted by Crippen LogP contribution is -2.32. The van der Waals surface area contributed by atoms with E-state index in [4.69, 9.17) is 11.6 Å². The lowest BCUT2D eigenvalue weighted by Gasteiger charge is -2.21. The van der Waals surface area contributed by atoms with Gasteiger partial charge in [-0.3, -0.25) is 4.79 Å². The molecule has 5 heteroatoms. The molecule has 1 unspecified atom stereocenters. The van der Waals surface area contributed by atoms with Gasteiger partial charge in [0.2, 0.25) is 0 Å². The number of phenols is 1. The van der Waals surface area contributed by atoms with E-state index in [1.54, 1.807) is 0 Å². The van der Waals surface area contributed by atoms with Gasteiger partial charge in [-0.1, -0.05) is 18.0 Å². The highest BCUT2D eigenvalue weighted by atomic mass is 35.5. The third-order valence-corrected chi connectivity index (χ3v) is 4.69. The van der Waals surface area contributed by atoms with E-state index in [1.807, 2.05) is 11.8 Å². The lowest BCUT2D eigenvalue weighted by atomic mass is 10.1. The Bertz CT molecular complexity index is 433. The fraction of sp³-hybridized carbons (Fsp3) is 0.462. The van der Waals surface area contributed by atoms with Crippen LogP contribution >= 0.6 is 23.4 Å². The van der Waals surface area contributed by atoms with Gasteiger partial charge in [-0.15, -0.1) is 0 Å². The summed E-state index contributed by atoms with van der Waals surface area (Å²) >= 11 is 7.85. The fourth-order valence-electron chi connectivity index (χ4n) is 1.96. The van der Waals surface area contributed by atoms with E-state index in [-0.39, 0.29) is 11.7 Å². The zero-order valence-electron chi connectivity index (χ0n) is 9.99. The van der Waals surface area contributed by atoms with E-state index in [1.165, 1.54) is 36.8 Å². The highest BCUT2D eigenvalue weighted by Crippen LogP contribution is 2.25. The molecule has 1 aliphatic rings. The summed E-state index contributed by atoms with van der Waals surface area (Å²) in [6.45, 7) is 0.662. The Hall–Kier alpha value is -0.870. The number of halogens is 1. The molecule has 0 spiro atoms. The summed E-state index contributed by atoms with van der Waals surface area (Å²) < 4.78 is 0. The minimum atomic E-state index is -0.220. The number of rotatable bonds is 3. The van der Waals surface area contributed by atoms with Crippen LogP contribution in [0.15, 0.2) is 18.2 Å². The summed E-state index contributed by atoms with van der Waals surface area (Å²) in [7, 11) is 0. The predicted octanol–water partition coefficient (Wildman–Crippen LogP) is 3.06. The highest BCUT2D eigenvalue weighted by Gasteiger charge is 2.16. The van der Waals surface area contributed by atoms with Crippen molar-refractivity contribution in [3.05, 3.63) is 28.8 Å². The first-order chi connectivity index (χ1) is 8.66. The molecule has 1 saturated heterocycles. The standard InChI is InChI=1S/C13H16ClNO2S/c14-12-5-4-9(16)7-11(12)13(17)15-8-10-3-1-2-6-18-10/h4-5,7,10,16H,1-3,6,8H2,(H,15,17). The van der Waals surface area contributed by atoms with Crippen LogP contribution in [0.2, 0.25) is 5.02 Å². The molecule has 0 bridgehead atoms. The summed E-state index contributed by atoms with van der Waals surface area (Å²) in [6.07, 6.45) is 3.66. The molecule has 1 aromatic rings. The van der Waals surface area contributed by atoms with E-state index in [0.717, 1.165) is 6.42 Å². The molecule has 1 heterocycles. The van der Waals surface area contributed by atoms with Crippen LogP contribution in [-0.2, 0) is 0 Å². The number of thioether (sulfide) groups is 1. The number of hydrogen-bond acceptors (Lipinski definition) is 3. The molecule has 1 fully saturated rings. The quantitative estimate of drug-likeness (QED) is 0.897. The molecule has 3 nitrogen and oxygen atoms in total. The molecule has 0 radical (unpaired) electrons. The smallest absolute Gasteiger partial charge is 0.252 e. The van der Waals surface area contributed by atoms with Crippen LogP contribution in [0.5, 0.6) is 5.75 Å². The monoisotopic (exact) mass is 285 g/mol. The van der Waals surface area contributed by atoms with E-state index in [9.17, 15) is 9.90 Å². The molecule has 0 aromatic heterocycles. The van der Waals surface area contributed by atoms with E-state index < -0.39 is 0 Å². The van der Waals surface area contributed by atoms with Crippen molar-refractivity contribution < 1.29 is 9.90 Å². The largest absolute Gasteiger partial charge is 0.508 e. The van der Waals surface area contributed by atoms with Crippen molar-refractivity contribution >= 4 is 29.3 Å². The van der Waals surface area contributed by atoms with Gasteiger partial charge in [-0.25, -0.2) is 0 Å². The summed E-state index contributed by atoms with van der Waals surface area (Å²) in [5.74, 6) is 1.01. The zero-order chi connectivity index (χ0) is 13.0. The van der Waals surface area contributed by atoms with E-state index >= 15 is 0 Å². The maximum atomic E-state index is 11.9. The second-order valence-electron chi connectivity index (χ2n) is 4.36. The lowest BCUT2D eigenvalue weighted by molar-refractivity contribution is 0.0953. The molecule has 1 aliphatic heterocycles. The Labute approximate surface area is 116 Å². The second-order valence-corrected chi connectivity index (χ2v) is 6.18. The van der Waals surface area contributed by atoms with Gasteiger partial charge in [0, 0.05) is 11.8 Å². The fourth-order valence-corrected chi connectivity index (χ4v) is 3.40. The summed E-state index contributed by atoms with van der Waals surface area (Å²) in [5, 5.41) is 13.1. The maximum Gasteiger partial charge on any atom is 0.252 e. The number of carbonyl (C=O) groups is 1. The first kappa shape index (κ1) is 13.6. The van der Waals surface area contributed by atoms with Gasteiger partial charge in [0.1, 0.15) is 5.75 Å². The first-order valence-corrected chi connectivity index (χ1v) is 7.48.